The quantitative estimate of drug-likeness (QED) is 0.755. The van der Waals surface area contributed by atoms with E-state index in [1.807, 2.05) is 0 Å². The van der Waals surface area contributed by atoms with Gasteiger partial charge in [0, 0.05) is 40.3 Å². The fourth-order valence-corrected chi connectivity index (χ4v) is 3.48. The third-order valence-electron chi connectivity index (χ3n) is 4.37. The van der Waals surface area contributed by atoms with Crippen molar-refractivity contribution in [3.05, 3.63) is 0 Å². The molecule has 0 aliphatic carbocycles. The first-order valence-corrected chi connectivity index (χ1v) is 8.15. The molecule has 1 amide bonds. The number of hydrogen-bond donors (Lipinski definition) is 0. The van der Waals surface area contributed by atoms with Gasteiger partial charge in [-0.1, -0.05) is 13.8 Å². The summed E-state index contributed by atoms with van der Waals surface area (Å²) >= 11 is 0. The van der Waals surface area contributed by atoms with Crippen molar-refractivity contribution in [2.24, 2.45) is 5.41 Å². The van der Waals surface area contributed by atoms with Gasteiger partial charge in [-0.25, -0.2) is 0 Å². The lowest BCUT2D eigenvalue weighted by Gasteiger charge is -2.39. The van der Waals surface area contributed by atoms with E-state index in [1.165, 1.54) is 25.9 Å². The van der Waals surface area contributed by atoms with Crippen molar-refractivity contribution < 1.29 is 9.53 Å². The zero-order chi connectivity index (χ0) is 15.5. The van der Waals surface area contributed by atoms with Crippen LogP contribution in [0.25, 0.3) is 0 Å². The summed E-state index contributed by atoms with van der Waals surface area (Å²) in [5, 5.41) is 0. The maximum Gasteiger partial charge on any atom is 0.252 e. The smallest absolute Gasteiger partial charge is 0.252 e. The Morgan fingerprint density at radius 3 is 2.38 bits per heavy atom. The van der Waals surface area contributed by atoms with Gasteiger partial charge in [-0.15, -0.1) is 0 Å². The molecule has 2 aliphatic rings. The number of morpholine rings is 1. The zero-order valence-corrected chi connectivity index (χ0v) is 14.1. The normalized spacial score (nSPS) is 25.2. The van der Waals surface area contributed by atoms with Crippen molar-refractivity contribution in [1.29, 1.82) is 0 Å². The third kappa shape index (κ3) is 4.94. The van der Waals surface area contributed by atoms with Crippen LogP contribution < -0.4 is 0 Å². The summed E-state index contributed by atoms with van der Waals surface area (Å²) in [6, 6.07) is 0. The second kappa shape index (κ2) is 7.07. The maximum absolute atomic E-state index is 12.1. The molecular weight excluding hydrogens is 266 g/mol. The lowest BCUT2D eigenvalue weighted by atomic mass is 9.91. The van der Waals surface area contributed by atoms with Crippen molar-refractivity contribution in [1.82, 2.24) is 14.7 Å². The van der Waals surface area contributed by atoms with Crippen LogP contribution in [0.4, 0.5) is 0 Å². The summed E-state index contributed by atoms with van der Waals surface area (Å²) in [5.41, 5.74) is 0.257. The van der Waals surface area contributed by atoms with Crippen LogP contribution in [-0.2, 0) is 9.53 Å². The highest BCUT2D eigenvalue weighted by molar-refractivity contribution is 5.80. The molecule has 5 heteroatoms. The van der Waals surface area contributed by atoms with Gasteiger partial charge in [0.25, 0.3) is 5.91 Å². The predicted octanol–water partition coefficient (Wildman–Crippen LogP) is 0.897. The molecule has 0 N–H and O–H groups in total. The van der Waals surface area contributed by atoms with Crippen molar-refractivity contribution >= 4 is 5.91 Å². The number of amides is 1. The van der Waals surface area contributed by atoms with Crippen LogP contribution in [0.5, 0.6) is 0 Å². The average Bonchev–Trinajstić information content (AvgIpc) is 2.89. The predicted molar refractivity (Wildman–Crippen MR) is 84.3 cm³/mol. The first kappa shape index (κ1) is 16.7. The molecule has 1 atom stereocenters. The number of rotatable bonds is 5. The molecule has 5 nitrogen and oxygen atoms in total. The highest BCUT2D eigenvalue weighted by Gasteiger charge is 2.32. The number of likely N-dealkylation sites (tertiary alicyclic amines) is 1. The number of nitrogens with zero attached hydrogens (tertiary/aromatic N) is 3. The summed E-state index contributed by atoms with van der Waals surface area (Å²) in [4.78, 5) is 18.6. The largest absolute Gasteiger partial charge is 0.366 e. The molecule has 0 aromatic heterocycles. The third-order valence-corrected chi connectivity index (χ3v) is 4.37. The number of carbonyl (C=O) groups is 1. The Morgan fingerprint density at radius 1 is 1.14 bits per heavy atom. The second-order valence-corrected chi connectivity index (χ2v) is 7.47. The second-order valence-electron chi connectivity index (χ2n) is 7.47. The SMILES string of the molecule is CN(C)C(=O)C1CN(CC(C)(C)CN2CCCC2)CCO1. The van der Waals surface area contributed by atoms with Gasteiger partial charge < -0.3 is 14.5 Å². The molecule has 0 aromatic rings. The highest BCUT2D eigenvalue weighted by atomic mass is 16.5. The minimum Gasteiger partial charge on any atom is -0.366 e. The molecule has 2 heterocycles. The molecule has 122 valence electrons. The standard InChI is InChI=1S/C16H31N3O2/c1-16(2,12-18-7-5-6-8-18)13-19-9-10-21-14(11-19)15(20)17(3)4/h14H,5-13H2,1-4H3. The average molecular weight is 297 g/mol. The monoisotopic (exact) mass is 297 g/mol. The molecule has 0 saturated carbocycles. The van der Waals surface area contributed by atoms with E-state index in [2.05, 4.69) is 23.6 Å². The van der Waals surface area contributed by atoms with E-state index < -0.39 is 0 Å². The summed E-state index contributed by atoms with van der Waals surface area (Å²) in [7, 11) is 3.59. The van der Waals surface area contributed by atoms with Crippen molar-refractivity contribution in [2.75, 3.05) is 60.0 Å². The molecule has 0 bridgehead atoms. The van der Waals surface area contributed by atoms with Crippen LogP contribution >= 0.6 is 0 Å². The van der Waals surface area contributed by atoms with Gasteiger partial charge in [-0.2, -0.15) is 0 Å². The van der Waals surface area contributed by atoms with Gasteiger partial charge in [-0.3, -0.25) is 9.69 Å². The van der Waals surface area contributed by atoms with E-state index in [-0.39, 0.29) is 17.4 Å². The topological polar surface area (TPSA) is 36.0 Å². The molecule has 0 spiro atoms. The number of hydrogen-bond acceptors (Lipinski definition) is 4. The van der Waals surface area contributed by atoms with Crippen molar-refractivity contribution in [2.45, 2.75) is 32.8 Å². The van der Waals surface area contributed by atoms with E-state index in [4.69, 9.17) is 4.74 Å². The summed E-state index contributed by atoms with van der Waals surface area (Å²) in [6.07, 6.45) is 2.39. The summed E-state index contributed by atoms with van der Waals surface area (Å²) in [6.45, 7) is 11.7. The van der Waals surface area contributed by atoms with Crippen LogP contribution in [0.15, 0.2) is 0 Å². The van der Waals surface area contributed by atoms with E-state index in [0.717, 1.165) is 26.2 Å². The van der Waals surface area contributed by atoms with E-state index in [9.17, 15) is 4.79 Å². The molecule has 2 aliphatic heterocycles. The Kier molecular flexibility index (Phi) is 5.63. The lowest BCUT2D eigenvalue weighted by molar-refractivity contribution is -0.147. The Bertz CT molecular complexity index is 351. The van der Waals surface area contributed by atoms with Gasteiger partial charge in [0.15, 0.2) is 0 Å². The maximum atomic E-state index is 12.1. The Balaban J connectivity index is 1.84. The minimum absolute atomic E-state index is 0.0806. The molecule has 0 aromatic carbocycles. The molecule has 2 fully saturated rings. The van der Waals surface area contributed by atoms with Crippen molar-refractivity contribution in [3.63, 3.8) is 0 Å². The van der Waals surface area contributed by atoms with Gasteiger partial charge in [0.2, 0.25) is 0 Å². The van der Waals surface area contributed by atoms with E-state index in [1.54, 1.807) is 19.0 Å². The Morgan fingerprint density at radius 2 is 1.76 bits per heavy atom. The fraction of sp³-hybridized carbons (Fsp3) is 0.938. The summed E-state index contributed by atoms with van der Waals surface area (Å²) in [5.74, 6) is 0.0806. The van der Waals surface area contributed by atoms with E-state index >= 15 is 0 Å². The van der Waals surface area contributed by atoms with Crippen LogP contribution in [0.1, 0.15) is 26.7 Å². The number of carbonyl (C=O) groups excluding carboxylic acids is 1. The van der Waals surface area contributed by atoms with Crippen LogP contribution in [0.2, 0.25) is 0 Å². The number of ether oxygens (including phenoxy) is 1. The summed E-state index contributed by atoms with van der Waals surface area (Å²) < 4.78 is 5.64. The van der Waals surface area contributed by atoms with Crippen molar-refractivity contribution in [3.8, 4) is 0 Å². The zero-order valence-electron chi connectivity index (χ0n) is 14.1. The van der Waals surface area contributed by atoms with Crippen LogP contribution in [-0.4, -0.2) is 86.7 Å². The van der Waals surface area contributed by atoms with Gasteiger partial charge in [-0.05, 0) is 31.3 Å². The van der Waals surface area contributed by atoms with Gasteiger partial charge in [0.05, 0.1) is 6.61 Å². The number of likely N-dealkylation sites (N-methyl/N-ethyl adjacent to an activating group) is 1. The fourth-order valence-electron chi connectivity index (χ4n) is 3.48. The molecule has 0 radical (unpaired) electrons. The highest BCUT2D eigenvalue weighted by Crippen LogP contribution is 2.23. The van der Waals surface area contributed by atoms with Gasteiger partial charge >= 0.3 is 0 Å². The molecular formula is C16H31N3O2. The molecule has 21 heavy (non-hydrogen) atoms. The van der Waals surface area contributed by atoms with Gasteiger partial charge in [0.1, 0.15) is 6.10 Å². The Labute approximate surface area is 129 Å². The molecule has 2 rings (SSSR count). The first-order valence-electron chi connectivity index (χ1n) is 8.15. The minimum atomic E-state index is -0.295. The molecule has 1 unspecified atom stereocenters. The lowest BCUT2D eigenvalue weighted by Crippen LogP contribution is -2.52. The van der Waals surface area contributed by atoms with Crippen LogP contribution in [0, 0.1) is 5.41 Å². The first-order chi connectivity index (χ1) is 9.87. The molecule has 2 saturated heterocycles. The Hall–Kier alpha value is -0.650. The van der Waals surface area contributed by atoms with E-state index in [0.29, 0.717) is 6.61 Å². The van der Waals surface area contributed by atoms with Crippen LogP contribution in [0.3, 0.4) is 0 Å².